The topological polar surface area (TPSA) is 55.8 Å². The molecule has 2 aliphatic rings. The van der Waals surface area contributed by atoms with E-state index in [-0.39, 0.29) is 42.3 Å². The number of carbonyl (C=O) groups is 1. The summed E-state index contributed by atoms with van der Waals surface area (Å²) in [4.78, 5) is 17.2. The average Bonchev–Trinajstić information content (AvgIpc) is 2.85. The number of benzene rings is 3. The largest absolute Gasteiger partial charge is 0.395 e. The fourth-order valence-corrected chi connectivity index (χ4v) is 5.43. The van der Waals surface area contributed by atoms with Crippen molar-refractivity contribution >= 4 is 11.7 Å². The molecule has 7 heteroatoms. The number of aliphatic hydroxyl groups excluding tert-OH is 1. The predicted octanol–water partition coefficient (Wildman–Crippen LogP) is 5.09. The van der Waals surface area contributed by atoms with Gasteiger partial charge in [0, 0.05) is 36.8 Å². The lowest BCUT2D eigenvalue weighted by Gasteiger charge is -2.57. The SMILES string of the molecule is O=C(Nc1ccc(F)cc1)N1CCCCN2[C@H](CO)[C@H](c3ccc(-c4cccc(F)c4)cc3)[C@H]2C1. The van der Waals surface area contributed by atoms with Crippen LogP contribution in [0, 0.1) is 11.6 Å². The molecule has 5 nitrogen and oxygen atoms in total. The highest BCUT2D eigenvalue weighted by atomic mass is 19.1. The zero-order chi connectivity index (χ0) is 24.4. The summed E-state index contributed by atoms with van der Waals surface area (Å²) in [6.45, 7) is 2.13. The first kappa shape index (κ1) is 23.5. The minimum Gasteiger partial charge on any atom is -0.395 e. The third-order valence-corrected chi connectivity index (χ3v) is 7.21. The van der Waals surface area contributed by atoms with E-state index in [2.05, 4.69) is 10.2 Å². The van der Waals surface area contributed by atoms with Gasteiger partial charge in [-0.05, 0) is 72.5 Å². The van der Waals surface area contributed by atoms with Gasteiger partial charge in [0.1, 0.15) is 11.6 Å². The molecule has 2 N–H and O–H groups in total. The molecule has 3 atom stereocenters. The highest BCUT2D eigenvalue weighted by molar-refractivity contribution is 5.89. The van der Waals surface area contributed by atoms with Crippen LogP contribution in [-0.2, 0) is 0 Å². The van der Waals surface area contributed by atoms with Crippen molar-refractivity contribution < 1.29 is 18.7 Å². The number of fused-ring (bicyclic) bond motifs is 1. The zero-order valence-electron chi connectivity index (χ0n) is 19.4. The minimum atomic E-state index is -0.347. The van der Waals surface area contributed by atoms with Gasteiger partial charge in [-0.15, -0.1) is 0 Å². The van der Waals surface area contributed by atoms with Crippen molar-refractivity contribution in [3.63, 3.8) is 0 Å². The van der Waals surface area contributed by atoms with E-state index in [0.29, 0.717) is 18.8 Å². The molecule has 2 fully saturated rings. The number of hydrogen-bond acceptors (Lipinski definition) is 3. The molecule has 3 aromatic rings. The number of hydrogen-bond donors (Lipinski definition) is 2. The van der Waals surface area contributed by atoms with Crippen molar-refractivity contribution in [3.8, 4) is 11.1 Å². The number of rotatable bonds is 4. The third-order valence-electron chi connectivity index (χ3n) is 7.21. The van der Waals surface area contributed by atoms with Crippen LogP contribution in [0.2, 0.25) is 0 Å². The van der Waals surface area contributed by atoms with Crippen LogP contribution in [0.3, 0.4) is 0 Å². The molecule has 2 aliphatic heterocycles. The Morgan fingerprint density at radius 1 is 0.914 bits per heavy atom. The quantitative estimate of drug-likeness (QED) is 0.551. The van der Waals surface area contributed by atoms with E-state index in [1.807, 2.05) is 35.2 Å². The Bertz CT molecular complexity index is 1170. The van der Waals surface area contributed by atoms with Gasteiger partial charge in [-0.1, -0.05) is 36.4 Å². The summed E-state index contributed by atoms with van der Waals surface area (Å²) >= 11 is 0. The van der Waals surface area contributed by atoms with Crippen LogP contribution in [-0.4, -0.2) is 59.3 Å². The lowest BCUT2D eigenvalue weighted by molar-refractivity contribution is -0.0585. The minimum absolute atomic E-state index is 0.000120. The Morgan fingerprint density at radius 2 is 1.66 bits per heavy atom. The summed E-state index contributed by atoms with van der Waals surface area (Å²) in [5.74, 6) is -0.531. The van der Waals surface area contributed by atoms with Crippen molar-refractivity contribution in [2.75, 3.05) is 31.6 Å². The van der Waals surface area contributed by atoms with Crippen molar-refractivity contribution in [1.82, 2.24) is 9.80 Å². The van der Waals surface area contributed by atoms with Crippen molar-refractivity contribution in [2.24, 2.45) is 0 Å². The van der Waals surface area contributed by atoms with Gasteiger partial charge in [-0.2, -0.15) is 0 Å². The number of carbonyl (C=O) groups excluding carboxylic acids is 1. The van der Waals surface area contributed by atoms with Gasteiger partial charge in [0.25, 0.3) is 0 Å². The first-order valence-electron chi connectivity index (χ1n) is 12.1. The summed E-state index contributed by atoms with van der Waals surface area (Å²) in [6, 6.07) is 20.2. The lowest BCUT2D eigenvalue weighted by Crippen LogP contribution is -2.68. The second kappa shape index (κ2) is 10.1. The molecule has 0 spiro atoms. The van der Waals surface area contributed by atoms with Gasteiger partial charge < -0.3 is 15.3 Å². The highest BCUT2D eigenvalue weighted by Crippen LogP contribution is 2.42. The third kappa shape index (κ3) is 4.92. The van der Waals surface area contributed by atoms with Crippen molar-refractivity contribution in [1.29, 1.82) is 0 Å². The maximum Gasteiger partial charge on any atom is 0.321 e. The van der Waals surface area contributed by atoms with Crippen molar-refractivity contribution in [3.05, 3.63) is 90.0 Å². The molecule has 0 unspecified atom stereocenters. The Hall–Kier alpha value is -3.29. The highest BCUT2D eigenvalue weighted by Gasteiger charge is 2.49. The molecular formula is C28H29F2N3O2. The van der Waals surface area contributed by atoms with Crippen LogP contribution in [0.1, 0.15) is 24.3 Å². The molecule has 2 heterocycles. The lowest BCUT2D eigenvalue weighted by atomic mass is 9.74. The summed E-state index contributed by atoms with van der Waals surface area (Å²) in [5, 5.41) is 13.0. The normalized spacial score (nSPS) is 22.5. The van der Waals surface area contributed by atoms with Gasteiger partial charge in [-0.3, -0.25) is 4.90 Å². The molecule has 0 aromatic heterocycles. The van der Waals surface area contributed by atoms with E-state index in [1.54, 1.807) is 18.2 Å². The predicted molar refractivity (Wildman–Crippen MR) is 132 cm³/mol. The molecule has 35 heavy (non-hydrogen) atoms. The van der Waals surface area contributed by atoms with Gasteiger partial charge >= 0.3 is 6.03 Å². The second-order valence-electron chi connectivity index (χ2n) is 9.30. The van der Waals surface area contributed by atoms with E-state index in [9.17, 15) is 18.7 Å². The molecule has 0 aliphatic carbocycles. The van der Waals surface area contributed by atoms with Crippen LogP contribution in [0.25, 0.3) is 11.1 Å². The van der Waals surface area contributed by atoms with Crippen LogP contribution < -0.4 is 5.32 Å². The van der Waals surface area contributed by atoms with Crippen LogP contribution in [0.5, 0.6) is 0 Å². The molecule has 0 radical (unpaired) electrons. The Morgan fingerprint density at radius 3 is 2.37 bits per heavy atom. The maximum absolute atomic E-state index is 13.6. The van der Waals surface area contributed by atoms with E-state index in [1.165, 1.54) is 24.3 Å². The Balaban J connectivity index is 1.34. The monoisotopic (exact) mass is 477 g/mol. The van der Waals surface area contributed by atoms with Gasteiger partial charge in [0.2, 0.25) is 0 Å². The smallest absolute Gasteiger partial charge is 0.321 e. The van der Waals surface area contributed by atoms with Gasteiger partial charge in [0.05, 0.1) is 6.61 Å². The number of anilines is 1. The van der Waals surface area contributed by atoms with Crippen LogP contribution in [0.15, 0.2) is 72.8 Å². The molecule has 0 saturated carbocycles. The standard InChI is InChI=1S/C28H29F2N3O2/c29-22-10-12-24(13-11-22)31-28(35)32-14-1-2-15-33-25(17-32)27(26(33)18-34)20-8-6-19(7-9-20)21-4-3-5-23(30)16-21/h3-13,16,25-27,34H,1-2,14-15,17-18H2,(H,31,35)/t25-,26-,27-/m1/s1. The summed E-state index contributed by atoms with van der Waals surface area (Å²) < 4.78 is 26.9. The second-order valence-corrected chi connectivity index (χ2v) is 9.30. The number of nitrogens with zero attached hydrogens (tertiary/aromatic N) is 2. The number of amides is 2. The molecule has 5 rings (SSSR count). The Kier molecular flexibility index (Phi) is 6.79. The summed E-state index contributed by atoms with van der Waals surface area (Å²) in [7, 11) is 0. The zero-order valence-corrected chi connectivity index (χ0v) is 19.4. The molecular weight excluding hydrogens is 448 g/mol. The van der Waals surface area contributed by atoms with Crippen LogP contribution in [0.4, 0.5) is 19.3 Å². The van der Waals surface area contributed by atoms with Crippen LogP contribution >= 0.6 is 0 Å². The van der Waals surface area contributed by atoms with Crippen molar-refractivity contribution in [2.45, 2.75) is 30.8 Å². The summed E-state index contributed by atoms with van der Waals surface area (Å²) in [6.07, 6.45) is 1.82. The van der Waals surface area contributed by atoms with E-state index in [4.69, 9.17) is 0 Å². The fourth-order valence-electron chi connectivity index (χ4n) is 5.43. The maximum atomic E-state index is 13.6. The van der Waals surface area contributed by atoms with Gasteiger partial charge in [-0.25, -0.2) is 13.6 Å². The van der Waals surface area contributed by atoms with E-state index < -0.39 is 0 Å². The molecule has 182 valence electrons. The average molecular weight is 478 g/mol. The molecule has 0 bridgehead atoms. The van der Waals surface area contributed by atoms with Gasteiger partial charge in [0.15, 0.2) is 0 Å². The number of urea groups is 1. The molecule has 2 saturated heterocycles. The van der Waals surface area contributed by atoms with E-state index >= 15 is 0 Å². The molecule has 2 amide bonds. The number of nitrogens with one attached hydrogen (secondary N) is 1. The number of halogens is 2. The number of aliphatic hydroxyl groups is 1. The fraction of sp³-hybridized carbons (Fsp3) is 0.321. The first-order chi connectivity index (χ1) is 17.0. The Labute approximate surface area is 204 Å². The molecule has 3 aromatic carbocycles. The first-order valence-corrected chi connectivity index (χ1v) is 12.1. The van der Waals surface area contributed by atoms with E-state index in [0.717, 1.165) is 36.1 Å². The summed E-state index contributed by atoms with van der Waals surface area (Å²) in [5.41, 5.74) is 3.41.